The molecule has 0 aliphatic rings. The first kappa shape index (κ1) is 28.5. The van der Waals surface area contributed by atoms with E-state index in [-0.39, 0.29) is 13.0 Å². The molecule has 0 rings (SSSR count). The van der Waals surface area contributed by atoms with Gasteiger partial charge in [-0.15, -0.1) is 0 Å². The van der Waals surface area contributed by atoms with E-state index in [0.717, 1.165) is 19.3 Å². The standard InChI is InChI=1S/C23H46NO4P/c1-5-6-7-8-9-10-11-12-13-14-15-16-17-18-19-20-21-23(25,29(26,27)28)22-24(2,3)4/h6-7,18-19,25H,5,8-17,20-22H2,1-4H3,(H-,26,27,28)/p+1/b7-6-,19-18-. The van der Waals surface area contributed by atoms with E-state index in [1.54, 1.807) is 0 Å². The average molecular weight is 433 g/mol. The lowest BCUT2D eigenvalue weighted by molar-refractivity contribution is -0.875. The molecule has 0 amide bonds. The van der Waals surface area contributed by atoms with Gasteiger partial charge in [0.15, 0.2) is 0 Å². The van der Waals surface area contributed by atoms with Crippen LogP contribution in [-0.4, -0.2) is 52.4 Å². The van der Waals surface area contributed by atoms with Crippen molar-refractivity contribution in [2.45, 2.75) is 95.7 Å². The molecule has 0 aliphatic heterocycles. The summed E-state index contributed by atoms with van der Waals surface area (Å²) in [5.74, 6) is 0. The summed E-state index contributed by atoms with van der Waals surface area (Å²) < 4.78 is 12.0. The molecule has 29 heavy (non-hydrogen) atoms. The molecule has 172 valence electrons. The van der Waals surface area contributed by atoms with Crippen molar-refractivity contribution in [2.24, 2.45) is 0 Å². The van der Waals surface area contributed by atoms with Gasteiger partial charge in [0.1, 0.15) is 6.54 Å². The second kappa shape index (κ2) is 15.4. The predicted molar refractivity (Wildman–Crippen MR) is 124 cm³/mol. The van der Waals surface area contributed by atoms with Crippen molar-refractivity contribution in [3.8, 4) is 0 Å². The Balaban J connectivity index is 3.78. The molecule has 3 N–H and O–H groups in total. The molecular weight excluding hydrogens is 385 g/mol. The van der Waals surface area contributed by atoms with Gasteiger partial charge in [-0.1, -0.05) is 69.8 Å². The number of unbranched alkanes of at least 4 members (excludes halogenated alkanes) is 9. The molecule has 0 aromatic carbocycles. The Morgan fingerprint density at radius 2 is 1.17 bits per heavy atom. The van der Waals surface area contributed by atoms with Gasteiger partial charge in [-0.3, -0.25) is 4.57 Å². The maximum Gasteiger partial charge on any atom is 0.362 e. The number of allylic oxidation sites excluding steroid dienone is 4. The first-order valence-electron chi connectivity index (χ1n) is 11.4. The lowest BCUT2D eigenvalue weighted by Gasteiger charge is -2.35. The second-order valence-corrected chi connectivity index (χ2v) is 11.2. The second-order valence-electron chi connectivity index (χ2n) is 9.27. The molecular formula is C23H47NO4P+. The molecule has 0 aliphatic carbocycles. The highest BCUT2D eigenvalue weighted by Gasteiger charge is 2.48. The van der Waals surface area contributed by atoms with Gasteiger partial charge < -0.3 is 19.4 Å². The summed E-state index contributed by atoms with van der Waals surface area (Å²) in [4.78, 5) is 19.1. The molecule has 0 aromatic rings. The van der Waals surface area contributed by atoms with Gasteiger partial charge in [0.05, 0.1) is 21.1 Å². The molecule has 0 spiro atoms. The lowest BCUT2D eigenvalue weighted by Crippen LogP contribution is -2.49. The Morgan fingerprint density at radius 1 is 0.759 bits per heavy atom. The number of quaternary nitrogens is 1. The van der Waals surface area contributed by atoms with Gasteiger partial charge in [0, 0.05) is 0 Å². The minimum absolute atomic E-state index is 0.0283. The highest BCUT2D eigenvalue weighted by Crippen LogP contribution is 2.52. The third-order valence-corrected chi connectivity index (χ3v) is 6.49. The Kier molecular flexibility index (Phi) is 15.1. The molecule has 0 aromatic heterocycles. The van der Waals surface area contributed by atoms with Crippen LogP contribution in [0.1, 0.15) is 90.4 Å². The Labute approximate surface area is 179 Å². The Bertz CT molecular complexity index is 507. The summed E-state index contributed by atoms with van der Waals surface area (Å²) in [6.45, 7) is 2.20. The SMILES string of the molecule is CC/C=C\CCCCCCCCCC/C=C\CCC(O)(C[N+](C)(C)C)P(=O)(O)O. The molecule has 0 fully saturated rings. The quantitative estimate of drug-likeness (QED) is 0.111. The topological polar surface area (TPSA) is 77.8 Å². The lowest BCUT2D eigenvalue weighted by atomic mass is 10.1. The number of aliphatic hydroxyl groups is 1. The summed E-state index contributed by atoms with van der Waals surface area (Å²) in [5.41, 5.74) is 0. The smallest absolute Gasteiger partial charge is 0.362 e. The number of likely N-dealkylation sites (N-methyl/N-ethyl adjacent to an activating group) is 1. The molecule has 0 heterocycles. The summed E-state index contributed by atoms with van der Waals surface area (Å²) in [6, 6.07) is 0. The van der Waals surface area contributed by atoms with Crippen molar-refractivity contribution in [1.82, 2.24) is 0 Å². The molecule has 0 bridgehead atoms. The summed E-state index contributed by atoms with van der Waals surface area (Å²) >= 11 is 0. The van der Waals surface area contributed by atoms with E-state index in [1.807, 2.05) is 27.2 Å². The van der Waals surface area contributed by atoms with E-state index >= 15 is 0 Å². The average Bonchev–Trinajstić information content (AvgIpc) is 2.59. The van der Waals surface area contributed by atoms with Crippen molar-refractivity contribution in [2.75, 3.05) is 27.7 Å². The van der Waals surface area contributed by atoms with E-state index in [0.29, 0.717) is 10.9 Å². The van der Waals surface area contributed by atoms with E-state index in [1.165, 1.54) is 51.4 Å². The van der Waals surface area contributed by atoms with Crippen LogP contribution in [-0.2, 0) is 4.57 Å². The first-order valence-corrected chi connectivity index (χ1v) is 13.0. The maximum atomic E-state index is 11.7. The van der Waals surface area contributed by atoms with Crippen LogP contribution in [0.3, 0.4) is 0 Å². The fourth-order valence-electron chi connectivity index (χ4n) is 3.50. The number of hydrogen-bond acceptors (Lipinski definition) is 2. The van der Waals surface area contributed by atoms with Gasteiger partial charge in [-0.25, -0.2) is 0 Å². The summed E-state index contributed by atoms with van der Waals surface area (Å²) in [7, 11) is 0.891. The normalized spacial score (nSPS) is 15.4. The van der Waals surface area contributed by atoms with Crippen molar-refractivity contribution >= 4 is 7.60 Å². The minimum Gasteiger partial charge on any atom is -0.373 e. The summed E-state index contributed by atoms with van der Waals surface area (Å²) in [5, 5.41) is 8.53. The Morgan fingerprint density at radius 3 is 1.59 bits per heavy atom. The van der Waals surface area contributed by atoms with Crippen LogP contribution in [0.2, 0.25) is 0 Å². The van der Waals surface area contributed by atoms with Crippen LogP contribution >= 0.6 is 7.60 Å². The van der Waals surface area contributed by atoms with Crippen LogP contribution in [0.5, 0.6) is 0 Å². The van der Waals surface area contributed by atoms with E-state index in [4.69, 9.17) is 0 Å². The van der Waals surface area contributed by atoms with Gasteiger partial charge in [-0.05, 0) is 44.9 Å². The zero-order valence-corrected chi connectivity index (χ0v) is 20.2. The van der Waals surface area contributed by atoms with Crippen LogP contribution in [0.15, 0.2) is 24.3 Å². The van der Waals surface area contributed by atoms with Crippen LogP contribution in [0.25, 0.3) is 0 Å². The van der Waals surface area contributed by atoms with E-state index in [9.17, 15) is 19.5 Å². The fraction of sp³-hybridized carbons (Fsp3) is 0.826. The number of hydrogen-bond donors (Lipinski definition) is 3. The third kappa shape index (κ3) is 16.0. The summed E-state index contributed by atoms with van der Waals surface area (Å²) in [6.07, 6.45) is 22.8. The maximum absolute atomic E-state index is 11.7. The van der Waals surface area contributed by atoms with Crippen molar-refractivity contribution < 1.29 is 23.9 Å². The van der Waals surface area contributed by atoms with E-state index < -0.39 is 12.9 Å². The zero-order valence-electron chi connectivity index (χ0n) is 19.4. The third-order valence-electron chi connectivity index (χ3n) is 5.04. The van der Waals surface area contributed by atoms with Crippen molar-refractivity contribution in [1.29, 1.82) is 0 Å². The number of rotatable bonds is 18. The van der Waals surface area contributed by atoms with Crippen LogP contribution < -0.4 is 0 Å². The van der Waals surface area contributed by atoms with E-state index in [2.05, 4.69) is 25.2 Å². The largest absolute Gasteiger partial charge is 0.373 e. The Hall–Kier alpha value is -0.450. The molecule has 5 nitrogen and oxygen atoms in total. The van der Waals surface area contributed by atoms with Gasteiger partial charge in [0.2, 0.25) is 5.34 Å². The molecule has 0 radical (unpaired) electrons. The molecule has 0 saturated heterocycles. The van der Waals surface area contributed by atoms with Crippen LogP contribution in [0, 0.1) is 0 Å². The van der Waals surface area contributed by atoms with Crippen molar-refractivity contribution in [3.05, 3.63) is 24.3 Å². The fourth-order valence-corrected chi connectivity index (χ4v) is 4.53. The van der Waals surface area contributed by atoms with Crippen molar-refractivity contribution in [3.63, 3.8) is 0 Å². The zero-order chi connectivity index (χ0) is 22.2. The van der Waals surface area contributed by atoms with Gasteiger partial charge in [0.25, 0.3) is 0 Å². The first-order chi connectivity index (χ1) is 13.5. The number of nitrogens with zero attached hydrogens (tertiary/aromatic N) is 1. The monoisotopic (exact) mass is 432 g/mol. The highest BCUT2D eigenvalue weighted by molar-refractivity contribution is 7.53. The van der Waals surface area contributed by atoms with Gasteiger partial charge >= 0.3 is 7.60 Å². The molecule has 0 saturated carbocycles. The minimum atomic E-state index is -4.57. The van der Waals surface area contributed by atoms with Gasteiger partial charge in [-0.2, -0.15) is 0 Å². The van der Waals surface area contributed by atoms with Crippen LogP contribution in [0.4, 0.5) is 0 Å². The molecule has 1 unspecified atom stereocenters. The highest BCUT2D eigenvalue weighted by atomic mass is 31.2. The molecule has 1 atom stereocenters. The predicted octanol–water partition coefficient (Wildman–Crippen LogP) is 5.76. The molecule has 6 heteroatoms.